The lowest BCUT2D eigenvalue weighted by Crippen LogP contribution is -2.34. The van der Waals surface area contributed by atoms with Crippen LogP contribution in [0.5, 0.6) is 0 Å². The van der Waals surface area contributed by atoms with Crippen LogP contribution in [-0.4, -0.2) is 17.1 Å². The van der Waals surface area contributed by atoms with Crippen molar-refractivity contribution in [2.24, 2.45) is 0 Å². The molecule has 0 fully saturated rings. The van der Waals surface area contributed by atoms with Gasteiger partial charge in [-0.05, 0) is 11.6 Å². The first-order chi connectivity index (χ1) is 6.27. The van der Waals surface area contributed by atoms with Crippen molar-refractivity contribution >= 4 is 5.97 Å². The van der Waals surface area contributed by atoms with Crippen LogP contribution < -0.4 is 5.32 Å². The summed E-state index contributed by atoms with van der Waals surface area (Å²) in [5.41, 5.74) is 1.33. The summed E-state index contributed by atoms with van der Waals surface area (Å²) in [6, 6.07) is 0.0149. The molecule has 1 heterocycles. The SMILES string of the molecule is O=C(O)C1=CC=C2C=CC=CC2N1. The molecule has 66 valence electrons. The van der Waals surface area contributed by atoms with Crippen LogP contribution in [0.15, 0.2) is 47.7 Å². The Morgan fingerprint density at radius 3 is 3.00 bits per heavy atom. The smallest absolute Gasteiger partial charge is 0.351 e. The Kier molecular flexibility index (Phi) is 1.77. The quantitative estimate of drug-likeness (QED) is 0.624. The number of carboxylic acids is 1. The number of nitrogens with one attached hydrogen (secondary N) is 1. The lowest BCUT2D eigenvalue weighted by molar-refractivity contribution is -0.133. The van der Waals surface area contributed by atoms with Gasteiger partial charge in [0.25, 0.3) is 0 Å². The minimum Gasteiger partial charge on any atom is -0.477 e. The zero-order valence-electron chi connectivity index (χ0n) is 6.90. The van der Waals surface area contributed by atoms with Crippen LogP contribution in [0.1, 0.15) is 0 Å². The van der Waals surface area contributed by atoms with Crippen LogP contribution in [0.3, 0.4) is 0 Å². The Bertz CT molecular complexity index is 361. The summed E-state index contributed by atoms with van der Waals surface area (Å²) in [6.07, 6.45) is 11.1. The van der Waals surface area contributed by atoms with E-state index >= 15 is 0 Å². The van der Waals surface area contributed by atoms with E-state index in [9.17, 15) is 4.79 Å². The maximum Gasteiger partial charge on any atom is 0.351 e. The maximum absolute atomic E-state index is 10.6. The van der Waals surface area contributed by atoms with Crippen molar-refractivity contribution < 1.29 is 9.90 Å². The molecular formula is C10H9NO2. The molecule has 2 rings (SSSR count). The number of carbonyl (C=O) groups is 1. The van der Waals surface area contributed by atoms with Gasteiger partial charge in [0, 0.05) is 0 Å². The van der Waals surface area contributed by atoms with Crippen LogP contribution in [0.2, 0.25) is 0 Å². The van der Waals surface area contributed by atoms with E-state index in [0.29, 0.717) is 0 Å². The summed E-state index contributed by atoms with van der Waals surface area (Å²) < 4.78 is 0. The Morgan fingerprint density at radius 2 is 2.23 bits per heavy atom. The molecule has 0 aromatic carbocycles. The highest BCUT2D eigenvalue weighted by Crippen LogP contribution is 2.17. The van der Waals surface area contributed by atoms with Gasteiger partial charge in [0.2, 0.25) is 0 Å². The minimum absolute atomic E-state index is 0.0149. The second-order valence-electron chi connectivity index (χ2n) is 2.92. The van der Waals surface area contributed by atoms with Crippen molar-refractivity contribution in [1.82, 2.24) is 5.32 Å². The molecule has 2 aliphatic rings. The van der Waals surface area contributed by atoms with Crippen LogP contribution in [0.25, 0.3) is 0 Å². The van der Waals surface area contributed by atoms with Gasteiger partial charge < -0.3 is 10.4 Å². The Morgan fingerprint density at radius 1 is 1.38 bits per heavy atom. The fourth-order valence-corrected chi connectivity index (χ4v) is 1.38. The highest BCUT2D eigenvalue weighted by Gasteiger charge is 2.18. The average Bonchev–Trinajstić information content (AvgIpc) is 2.17. The Hall–Kier alpha value is -1.77. The van der Waals surface area contributed by atoms with Gasteiger partial charge in [-0.1, -0.05) is 30.4 Å². The van der Waals surface area contributed by atoms with Crippen molar-refractivity contribution in [3.63, 3.8) is 0 Å². The molecule has 0 saturated heterocycles. The lowest BCUT2D eigenvalue weighted by Gasteiger charge is -2.22. The third-order valence-corrected chi connectivity index (χ3v) is 2.05. The standard InChI is InChI=1S/C10H9NO2/c12-10(13)9-6-5-7-3-1-2-4-8(7)11-9/h1-6,8,11H,(H,12,13). The lowest BCUT2D eigenvalue weighted by atomic mass is 9.98. The van der Waals surface area contributed by atoms with Crippen molar-refractivity contribution in [3.8, 4) is 0 Å². The van der Waals surface area contributed by atoms with Gasteiger partial charge in [0.15, 0.2) is 0 Å². The Balaban J connectivity index is 2.29. The van der Waals surface area contributed by atoms with E-state index in [2.05, 4.69) is 5.32 Å². The molecule has 0 spiro atoms. The molecule has 1 aliphatic heterocycles. The van der Waals surface area contributed by atoms with Crippen LogP contribution >= 0.6 is 0 Å². The molecule has 0 radical (unpaired) electrons. The normalized spacial score (nSPS) is 24.2. The van der Waals surface area contributed by atoms with Crippen molar-refractivity contribution in [3.05, 3.63) is 47.7 Å². The fraction of sp³-hybridized carbons (Fsp3) is 0.100. The van der Waals surface area contributed by atoms with Gasteiger partial charge in [0.1, 0.15) is 5.70 Å². The fourth-order valence-electron chi connectivity index (χ4n) is 1.38. The predicted molar refractivity (Wildman–Crippen MR) is 49.0 cm³/mol. The van der Waals surface area contributed by atoms with Gasteiger partial charge in [-0.2, -0.15) is 0 Å². The second kappa shape index (κ2) is 2.94. The molecule has 2 N–H and O–H groups in total. The van der Waals surface area contributed by atoms with E-state index in [-0.39, 0.29) is 11.7 Å². The molecule has 13 heavy (non-hydrogen) atoms. The number of fused-ring (bicyclic) bond motifs is 1. The molecule has 0 amide bonds. The third-order valence-electron chi connectivity index (χ3n) is 2.05. The van der Waals surface area contributed by atoms with Gasteiger partial charge in [-0.3, -0.25) is 0 Å². The van der Waals surface area contributed by atoms with E-state index < -0.39 is 5.97 Å². The van der Waals surface area contributed by atoms with Crippen LogP contribution in [0.4, 0.5) is 0 Å². The molecule has 0 aromatic heterocycles. The number of aliphatic carboxylic acids is 1. The topological polar surface area (TPSA) is 49.3 Å². The predicted octanol–water partition coefficient (Wildman–Crippen LogP) is 0.979. The van der Waals surface area contributed by atoms with E-state index in [4.69, 9.17) is 5.11 Å². The maximum atomic E-state index is 10.6. The zero-order valence-corrected chi connectivity index (χ0v) is 6.90. The van der Waals surface area contributed by atoms with E-state index in [1.807, 2.05) is 30.4 Å². The zero-order chi connectivity index (χ0) is 9.26. The second-order valence-corrected chi connectivity index (χ2v) is 2.92. The molecule has 0 saturated carbocycles. The highest BCUT2D eigenvalue weighted by molar-refractivity contribution is 5.87. The third kappa shape index (κ3) is 1.40. The molecular weight excluding hydrogens is 166 g/mol. The minimum atomic E-state index is -0.918. The first-order valence-electron chi connectivity index (χ1n) is 4.04. The number of dihydropyridines is 1. The number of allylic oxidation sites excluding steroid dienone is 4. The molecule has 1 aliphatic carbocycles. The van der Waals surface area contributed by atoms with Crippen molar-refractivity contribution in [2.75, 3.05) is 0 Å². The van der Waals surface area contributed by atoms with Gasteiger partial charge in [-0.15, -0.1) is 0 Å². The number of hydrogen-bond donors (Lipinski definition) is 2. The highest BCUT2D eigenvalue weighted by atomic mass is 16.4. The van der Waals surface area contributed by atoms with Gasteiger partial charge in [-0.25, -0.2) is 4.79 Å². The number of rotatable bonds is 1. The van der Waals surface area contributed by atoms with Crippen LogP contribution in [0, 0.1) is 0 Å². The Labute approximate surface area is 75.8 Å². The average molecular weight is 175 g/mol. The first-order valence-corrected chi connectivity index (χ1v) is 4.04. The van der Waals surface area contributed by atoms with Gasteiger partial charge in [0.05, 0.1) is 6.04 Å². The molecule has 0 bridgehead atoms. The summed E-state index contributed by atoms with van der Waals surface area (Å²) in [4.78, 5) is 10.6. The molecule has 3 nitrogen and oxygen atoms in total. The van der Waals surface area contributed by atoms with E-state index in [1.165, 1.54) is 0 Å². The monoisotopic (exact) mass is 175 g/mol. The number of carboxylic acid groups (broad SMARTS) is 1. The molecule has 1 unspecified atom stereocenters. The van der Waals surface area contributed by atoms with Crippen molar-refractivity contribution in [2.45, 2.75) is 6.04 Å². The summed E-state index contributed by atoms with van der Waals surface area (Å²) in [7, 11) is 0. The summed E-state index contributed by atoms with van der Waals surface area (Å²) in [5, 5.41) is 11.6. The number of hydrogen-bond acceptors (Lipinski definition) is 2. The molecule has 0 aromatic rings. The van der Waals surface area contributed by atoms with Crippen molar-refractivity contribution in [1.29, 1.82) is 0 Å². The summed E-state index contributed by atoms with van der Waals surface area (Å²) >= 11 is 0. The molecule has 3 heteroatoms. The molecule has 1 atom stereocenters. The van der Waals surface area contributed by atoms with Crippen LogP contribution in [-0.2, 0) is 4.79 Å². The first kappa shape index (κ1) is 7.86. The summed E-state index contributed by atoms with van der Waals surface area (Å²) in [6.45, 7) is 0. The van der Waals surface area contributed by atoms with E-state index in [0.717, 1.165) is 5.57 Å². The van der Waals surface area contributed by atoms with E-state index in [1.54, 1.807) is 6.08 Å². The largest absolute Gasteiger partial charge is 0.477 e. The summed E-state index contributed by atoms with van der Waals surface area (Å²) in [5.74, 6) is -0.918. The van der Waals surface area contributed by atoms with Gasteiger partial charge >= 0.3 is 5.97 Å².